The fourth-order valence-electron chi connectivity index (χ4n) is 4.59. The van der Waals surface area contributed by atoms with Gasteiger partial charge in [-0.15, -0.1) is 0 Å². The zero-order valence-electron chi connectivity index (χ0n) is 34.6. The minimum atomic E-state index is -3.67. The van der Waals surface area contributed by atoms with E-state index in [0.717, 1.165) is 0 Å². The van der Waals surface area contributed by atoms with Crippen LogP contribution in [0.25, 0.3) is 11.0 Å². The monoisotopic (exact) mass is 876 g/mol. The van der Waals surface area contributed by atoms with Gasteiger partial charge in [-0.1, -0.05) is 7.43 Å². The van der Waals surface area contributed by atoms with E-state index >= 15 is 0 Å². The van der Waals surface area contributed by atoms with E-state index < -0.39 is 33.6 Å². The number of phenolic OH excluding ortho intramolecular Hbond substituents is 3. The van der Waals surface area contributed by atoms with Gasteiger partial charge in [0.1, 0.15) is 36.2 Å². The lowest BCUT2D eigenvalue weighted by Crippen LogP contribution is -2.25. The number of aromatic hydroxyl groups is 3. The number of ketones is 1. The molecule has 0 aliphatic carbocycles. The average molecular weight is 877 g/mol. The first-order chi connectivity index (χ1) is 27.7. The van der Waals surface area contributed by atoms with E-state index in [1.807, 2.05) is 0 Å². The Hall–Kier alpha value is -5.44. The summed E-state index contributed by atoms with van der Waals surface area (Å²) in [6.07, 6.45) is 1.24. The van der Waals surface area contributed by atoms with Crippen LogP contribution in [0.3, 0.4) is 0 Å². The number of benzene rings is 2. The summed E-state index contributed by atoms with van der Waals surface area (Å²) >= 11 is 0. The van der Waals surface area contributed by atoms with Crippen molar-refractivity contribution in [2.75, 3.05) is 66.7 Å². The molecule has 3 aromatic rings. The minimum Gasteiger partial charge on any atom is -0.508 e. The van der Waals surface area contributed by atoms with Crippen molar-refractivity contribution in [3.05, 3.63) is 51.9 Å². The molecule has 0 saturated heterocycles. The molecule has 0 aliphatic heterocycles. The molecule has 0 saturated carbocycles. The second kappa shape index (κ2) is 30.6. The highest BCUT2D eigenvalue weighted by Gasteiger charge is 2.25. The van der Waals surface area contributed by atoms with Gasteiger partial charge >= 0.3 is 23.5 Å². The van der Waals surface area contributed by atoms with Crippen molar-refractivity contribution in [1.29, 1.82) is 0 Å². The Balaban J connectivity index is 0. The Bertz CT molecular complexity index is 1930. The summed E-state index contributed by atoms with van der Waals surface area (Å²) in [4.78, 5) is 57.3. The maximum atomic E-state index is 12.2. The zero-order chi connectivity index (χ0) is 45.1. The second-order valence-electron chi connectivity index (χ2n) is 11.9. The Morgan fingerprint density at radius 1 is 0.767 bits per heavy atom. The van der Waals surface area contributed by atoms with E-state index in [4.69, 9.17) is 47.2 Å². The number of carbonyl (C=O) groups is 4. The maximum absolute atomic E-state index is 12.2. The van der Waals surface area contributed by atoms with Crippen molar-refractivity contribution in [3.63, 3.8) is 0 Å². The van der Waals surface area contributed by atoms with Crippen LogP contribution in [0.15, 0.2) is 39.5 Å². The quantitative estimate of drug-likeness (QED) is 0.0317. The number of hydrogen-bond donors (Lipinski definition) is 4. The number of methoxy groups -OCH3 is 2. The van der Waals surface area contributed by atoms with Gasteiger partial charge in [0.05, 0.1) is 39.3 Å². The summed E-state index contributed by atoms with van der Waals surface area (Å²) in [5, 5.41) is 28.9. The van der Waals surface area contributed by atoms with Crippen LogP contribution >= 0.6 is 0 Å². The van der Waals surface area contributed by atoms with E-state index in [9.17, 15) is 42.6 Å². The number of fused-ring (bicyclic) bond motifs is 1. The normalized spacial score (nSPS) is 10.8. The van der Waals surface area contributed by atoms with E-state index in [-0.39, 0.29) is 86.7 Å². The molecule has 0 spiro atoms. The first-order valence-corrected chi connectivity index (χ1v) is 20.0. The molecule has 1 unspecified atom stereocenters. The molecule has 1 atom stereocenters. The molecule has 2 aromatic carbocycles. The number of Topliss-reactive ketones (excluding diaryl/α,β-unsaturated/α-hetero) is 1. The number of hydrogen-bond acceptors (Lipinski definition) is 18. The van der Waals surface area contributed by atoms with Crippen LogP contribution in [0.4, 0.5) is 0 Å². The third-order valence-corrected chi connectivity index (χ3v) is 7.29. The van der Waals surface area contributed by atoms with Gasteiger partial charge < -0.3 is 52.9 Å². The average Bonchev–Trinajstić information content (AvgIpc) is 3.13. The predicted molar refractivity (Wildman–Crippen MR) is 219 cm³/mol. The van der Waals surface area contributed by atoms with Crippen molar-refractivity contribution in [3.8, 4) is 28.7 Å². The molecule has 0 radical (unpaired) electrons. The van der Waals surface area contributed by atoms with Gasteiger partial charge in [-0.05, 0) is 71.2 Å². The molecule has 1 aromatic heterocycles. The summed E-state index contributed by atoms with van der Waals surface area (Å²) in [5.41, 5.74) is 0.835. The molecule has 3 rings (SSSR count). The Kier molecular flexibility index (Phi) is 28.9. The standard InChI is InChI=1S/C18H22O7.C11H18O5.C9H12O4.CH4O3S.CH4/c1-4-23-17(20)6-5-12-11(2)13-9-16(24-8-7-22-3)14(19)10-15(13)25-18(12)21;1-4-15-10(13)7-6-9(8(3)12)11(14)16-5-2;1-12-4-5-13-9-3-2-7(10)6-8(9)11;1-5(2,3)4;/h9-10,19H,4-8H2,1-3H3;9H,4-7H2,1-3H3;2-3,6,10-11H,4-5H2,1H3;1H3,(H,2,3,4);1H4. The lowest BCUT2D eigenvalue weighted by Gasteiger charge is -2.11. The van der Waals surface area contributed by atoms with E-state index in [1.54, 1.807) is 48.0 Å². The van der Waals surface area contributed by atoms with E-state index in [0.29, 0.717) is 61.6 Å². The van der Waals surface area contributed by atoms with Gasteiger partial charge in [0, 0.05) is 50.1 Å². The van der Waals surface area contributed by atoms with Gasteiger partial charge in [0.25, 0.3) is 10.1 Å². The van der Waals surface area contributed by atoms with Crippen molar-refractivity contribution in [2.24, 2.45) is 5.92 Å². The fourth-order valence-corrected chi connectivity index (χ4v) is 4.59. The summed E-state index contributed by atoms with van der Waals surface area (Å²) < 4.78 is 65.8. The molecule has 0 aliphatic rings. The highest BCUT2D eigenvalue weighted by Crippen LogP contribution is 2.33. The number of aryl methyl sites for hydroxylation is 1. The molecule has 0 amide bonds. The van der Waals surface area contributed by atoms with Crippen LogP contribution in [0.2, 0.25) is 0 Å². The number of esters is 3. The van der Waals surface area contributed by atoms with Gasteiger partial charge in [-0.2, -0.15) is 8.42 Å². The Morgan fingerprint density at radius 3 is 1.75 bits per heavy atom. The highest BCUT2D eigenvalue weighted by molar-refractivity contribution is 7.85. The Labute approximate surface area is 350 Å². The van der Waals surface area contributed by atoms with Crippen LogP contribution in [0, 0.1) is 12.8 Å². The van der Waals surface area contributed by atoms with Crippen LogP contribution in [0.1, 0.15) is 65.5 Å². The number of carbonyl (C=O) groups excluding carboxylic acids is 4. The number of ether oxygens (including phenoxy) is 7. The second-order valence-corrected chi connectivity index (χ2v) is 13.4. The minimum absolute atomic E-state index is 0. The van der Waals surface area contributed by atoms with Gasteiger partial charge in [0.15, 0.2) is 23.0 Å². The number of phenols is 3. The smallest absolute Gasteiger partial charge is 0.339 e. The molecular weight excluding hydrogens is 816 g/mol. The van der Waals surface area contributed by atoms with Crippen LogP contribution in [-0.2, 0) is 59.4 Å². The van der Waals surface area contributed by atoms with Crippen molar-refractivity contribution >= 4 is 44.8 Å². The van der Waals surface area contributed by atoms with Crippen LogP contribution < -0.4 is 15.1 Å². The molecule has 20 heteroatoms. The molecule has 0 bridgehead atoms. The summed E-state index contributed by atoms with van der Waals surface area (Å²) in [5.74, 6) is -2.05. The lowest BCUT2D eigenvalue weighted by molar-refractivity contribution is -0.152. The zero-order valence-corrected chi connectivity index (χ0v) is 35.4. The predicted octanol–water partition coefficient (Wildman–Crippen LogP) is 4.69. The van der Waals surface area contributed by atoms with Crippen molar-refractivity contribution in [1.82, 2.24) is 0 Å². The molecular formula is C40H60O19S. The molecule has 60 heavy (non-hydrogen) atoms. The fraction of sp³-hybridized carbons (Fsp3) is 0.525. The SMILES string of the molecule is C.CCOC(=O)CCC(C(C)=O)C(=O)OCC.CCOC(=O)CCc1c(C)c2cc(OCCOC)c(O)cc2oc1=O.COCCOc1ccc(O)cc1O.CS(=O)(=O)O. The highest BCUT2D eigenvalue weighted by atomic mass is 32.2. The largest absolute Gasteiger partial charge is 0.508 e. The van der Waals surface area contributed by atoms with Crippen molar-refractivity contribution in [2.45, 2.75) is 67.7 Å². The van der Waals surface area contributed by atoms with Crippen molar-refractivity contribution < 1.29 is 85.0 Å². The molecule has 19 nitrogen and oxygen atoms in total. The third kappa shape index (κ3) is 23.8. The van der Waals surface area contributed by atoms with Crippen LogP contribution in [0.5, 0.6) is 28.7 Å². The number of rotatable bonds is 19. The van der Waals surface area contributed by atoms with E-state index in [2.05, 4.69) is 0 Å². The lowest BCUT2D eigenvalue weighted by atomic mass is 9.99. The molecule has 4 N–H and O–H groups in total. The molecule has 340 valence electrons. The topological polar surface area (TPSA) is 278 Å². The van der Waals surface area contributed by atoms with Gasteiger partial charge in [0.2, 0.25) is 0 Å². The summed E-state index contributed by atoms with van der Waals surface area (Å²) in [7, 11) is -0.543. The molecule has 0 fully saturated rings. The summed E-state index contributed by atoms with van der Waals surface area (Å²) in [6, 6.07) is 7.14. The maximum Gasteiger partial charge on any atom is 0.339 e. The molecule has 1 heterocycles. The van der Waals surface area contributed by atoms with Gasteiger partial charge in [-0.3, -0.25) is 23.7 Å². The van der Waals surface area contributed by atoms with E-state index in [1.165, 1.54) is 31.2 Å². The first kappa shape index (κ1) is 56.7. The summed E-state index contributed by atoms with van der Waals surface area (Å²) in [6.45, 7) is 10.5. The van der Waals surface area contributed by atoms with Crippen LogP contribution in [-0.4, -0.2) is 119 Å². The first-order valence-electron chi connectivity index (χ1n) is 18.2. The van der Waals surface area contributed by atoms with Gasteiger partial charge in [-0.25, -0.2) is 4.79 Å². The Morgan fingerprint density at radius 2 is 1.27 bits per heavy atom. The third-order valence-electron chi connectivity index (χ3n) is 7.29.